The lowest BCUT2D eigenvalue weighted by atomic mass is 10.2. The van der Waals surface area contributed by atoms with Crippen molar-refractivity contribution in [1.82, 2.24) is 20.5 Å². The van der Waals surface area contributed by atoms with E-state index in [4.69, 9.17) is 14.2 Å². The number of hydrogen-bond acceptors (Lipinski definition) is 8. The molecule has 0 amide bonds. The van der Waals surface area contributed by atoms with Crippen molar-refractivity contribution < 1.29 is 22.9 Å². The summed E-state index contributed by atoms with van der Waals surface area (Å²) >= 11 is 3.08. The van der Waals surface area contributed by atoms with Gasteiger partial charge >= 0.3 is 5.97 Å². The zero-order chi connectivity index (χ0) is 20.7. The van der Waals surface area contributed by atoms with Crippen molar-refractivity contribution in [2.45, 2.75) is 19.8 Å². The van der Waals surface area contributed by atoms with Crippen molar-refractivity contribution in [3.63, 3.8) is 0 Å². The van der Waals surface area contributed by atoms with Crippen LogP contribution in [0.1, 0.15) is 24.7 Å². The molecule has 2 rings (SSSR count). The molecule has 3 N–H and O–H groups in total. The second-order valence-electron chi connectivity index (χ2n) is 5.66. The molecule has 1 atom stereocenters. The monoisotopic (exact) mass is 476 g/mol. The highest BCUT2D eigenvalue weighted by Crippen LogP contribution is 2.23. The fourth-order valence-corrected chi connectivity index (χ4v) is 2.90. The molecular formula is C15H18BrFN6O4S. The fourth-order valence-electron chi connectivity index (χ4n) is 2.00. The first-order valence-electron chi connectivity index (χ1n) is 7.93. The molecule has 1 heterocycles. The van der Waals surface area contributed by atoms with Gasteiger partial charge in [-0.05, 0) is 52.1 Å². The van der Waals surface area contributed by atoms with E-state index in [0.29, 0.717) is 30.8 Å². The second kappa shape index (κ2) is 9.71. The molecule has 1 aromatic heterocycles. The van der Waals surface area contributed by atoms with Crippen LogP contribution in [0.4, 0.5) is 10.1 Å². The minimum Gasteiger partial charge on any atom is -0.342 e. The number of aliphatic imine (C=N–C) groups is 1. The SMILES string of the molecule is CC(=O)ONC(=Nc1ccc(F)c(Br)c1)c1nonc1CCCNS(C)(=N)=O. The van der Waals surface area contributed by atoms with Crippen LogP contribution < -0.4 is 10.2 Å². The van der Waals surface area contributed by atoms with Crippen molar-refractivity contribution in [3.05, 3.63) is 39.9 Å². The summed E-state index contributed by atoms with van der Waals surface area (Å²) in [7, 11) is -2.80. The first-order valence-corrected chi connectivity index (χ1v) is 10.7. The summed E-state index contributed by atoms with van der Waals surface area (Å²) in [5.41, 5.74) is 3.37. The molecule has 0 saturated carbocycles. The summed E-state index contributed by atoms with van der Waals surface area (Å²) in [4.78, 5) is 20.2. The molecule has 28 heavy (non-hydrogen) atoms. The molecule has 0 saturated heterocycles. The summed E-state index contributed by atoms with van der Waals surface area (Å²) in [6.45, 7) is 1.52. The molecule has 0 bridgehead atoms. The lowest BCUT2D eigenvalue weighted by Crippen LogP contribution is -2.28. The quantitative estimate of drug-likeness (QED) is 0.240. The molecule has 0 aliphatic rings. The molecule has 0 aliphatic heterocycles. The highest BCUT2D eigenvalue weighted by atomic mass is 79.9. The number of hydrogen-bond donors (Lipinski definition) is 3. The van der Waals surface area contributed by atoms with Gasteiger partial charge in [0.25, 0.3) is 0 Å². The first-order chi connectivity index (χ1) is 13.2. The maximum Gasteiger partial charge on any atom is 0.329 e. The van der Waals surface area contributed by atoms with Crippen LogP contribution in [-0.2, 0) is 26.0 Å². The molecule has 2 aromatic rings. The van der Waals surface area contributed by atoms with Gasteiger partial charge in [0.2, 0.25) is 0 Å². The Morgan fingerprint density at radius 1 is 1.46 bits per heavy atom. The van der Waals surface area contributed by atoms with Crippen LogP contribution in [-0.4, -0.2) is 39.1 Å². The normalized spacial score (nSPS) is 13.8. The molecule has 1 aromatic carbocycles. The van der Waals surface area contributed by atoms with Gasteiger partial charge in [0, 0.05) is 19.7 Å². The zero-order valence-corrected chi connectivity index (χ0v) is 17.4. The van der Waals surface area contributed by atoms with Gasteiger partial charge in [-0.1, -0.05) is 5.16 Å². The Kier molecular flexibility index (Phi) is 7.60. The maximum absolute atomic E-state index is 13.4. The number of carbonyl (C=O) groups is 1. The second-order valence-corrected chi connectivity index (χ2v) is 8.49. The van der Waals surface area contributed by atoms with Crippen LogP contribution in [0.15, 0.2) is 32.3 Å². The summed E-state index contributed by atoms with van der Waals surface area (Å²) in [5.74, 6) is -1.02. The average molecular weight is 477 g/mol. The molecule has 0 spiro atoms. The van der Waals surface area contributed by atoms with E-state index in [1.165, 1.54) is 31.4 Å². The zero-order valence-electron chi connectivity index (χ0n) is 15.0. The summed E-state index contributed by atoms with van der Waals surface area (Å²) in [6.07, 6.45) is 2.15. The third kappa shape index (κ3) is 6.98. The van der Waals surface area contributed by atoms with Crippen LogP contribution in [0.25, 0.3) is 0 Å². The summed E-state index contributed by atoms with van der Waals surface area (Å²) in [6, 6.07) is 4.09. The molecule has 0 radical (unpaired) electrons. The van der Waals surface area contributed by atoms with Gasteiger partial charge in [-0.15, -0.1) is 0 Å². The average Bonchev–Trinajstić information content (AvgIpc) is 3.06. The Morgan fingerprint density at radius 2 is 2.21 bits per heavy atom. The largest absolute Gasteiger partial charge is 0.342 e. The lowest BCUT2D eigenvalue weighted by molar-refractivity contribution is -0.145. The van der Waals surface area contributed by atoms with Crippen molar-refractivity contribution in [2.75, 3.05) is 12.8 Å². The van der Waals surface area contributed by atoms with Gasteiger partial charge in [-0.2, -0.15) is 5.48 Å². The van der Waals surface area contributed by atoms with Crippen LogP contribution >= 0.6 is 15.9 Å². The Morgan fingerprint density at radius 3 is 2.86 bits per heavy atom. The van der Waals surface area contributed by atoms with E-state index in [1.54, 1.807) is 0 Å². The third-order valence-corrected chi connectivity index (χ3v) is 4.55. The highest BCUT2D eigenvalue weighted by Gasteiger charge is 2.18. The van der Waals surface area contributed by atoms with Gasteiger partial charge in [0.15, 0.2) is 11.5 Å². The van der Waals surface area contributed by atoms with E-state index in [-0.39, 0.29) is 16.0 Å². The number of aromatic nitrogens is 2. The smallest absolute Gasteiger partial charge is 0.329 e. The number of nitrogens with zero attached hydrogens (tertiary/aromatic N) is 3. The number of amidine groups is 1. The number of aryl methyl sites for hydroxylation is 1. The molecule has 1 unspecified atom stereocenters. The van der Waals surface area contributed by atoms with Crippen LogP contribution in [0, 0.1) is 10.6 Å². The van der Waals surface area contributed by atoms with E-state index < -0.39 is 21.7 Å². The molecule has 10 nitrogen and oxygen atoms in total. The Balaban J connectivity index is 2.24. The predicted octanol–water partition coefficient (Wildman–Crippen LogP) is 2.23. The number of rotatable bonds is 7. The van der Waals surface area contributed by atoms with Crippen LogP contribution in [0.3, 0.4) is 0 Å². The third-order valence-electron chi connectivity index (χ3n) is 3.18. The Labute approximate surface area is 169 Å². The van der Waals surface area contributed by atoms with E-state index in [1.807, 2.05) is 0 Å². The van der Waals surface area contributed by atoms with Gasteiger partial charge in [0.05, 0.1) is 10.2 Å². The van der Waals surface area contributed by atoms with E-state index >= 15 is 0 Å². The lowest BCUT2D eigenvalue weighted by Gasteiger charge is -2.08. The van der Waals surface area contributed by atoms with Crippen molar-refractivity contribution in [1.29, 1.82) is 4.78 Å². The number of benzene rings is 1. The maximum atomic E-state index is 13.4. The van der Waals surface area contributed by atoms with Crippen molar-refractivity contribution in [3.8, 4) is 0 Å². The number of nitrogens with one attached hydrogen (secondary N) is 3. The van der Waals surface area contributed by atoms with Gasteiger partial charge in [-0.3, -0.25) is 4.79 Å². The van der Waals surface area contributed by atoms with Gasteiger partial charge in [0.1, 0.15) is 21.4 Å². The minimum absolute atomic E-state index is 0.0395. The molecule has 0 aliphatic carbocycles. The van der Waals surface area contributed by atoms with Gasteiger partial charge in [-0.25, -0.2) is 27.7 Å². The van der Waals surface area contributed by atoms with Gasteiger partial charge < -0.3 is 4.84 Å². The standard InChI is InChI=1S/C15H18BrFN6O4S/c1-9(24)26-23-15(20-10-5-6-12(17)11(16)8-10)14-13(21-27-22-14)4-3-7-19-28(2,18)25/h5-6,8H,3-4,7H2,1-2H3,(H,20,23)(H2,18,19,25). The number of hydroxylamine groups is 1. The molecular weight excluding hydrogens is 459 g/mol. The van der Waals surface area contributed by atoms with Crippen molar-refractivity contribution >= 4 is 43.3 Å². The summed E-state index contributed by atoms with van der Waals surface area (Å²) < 4.78 is 39.6. The summed E-state index contributed by atoms with van der Waals surface area (Å²) in [5, 5.41) is 7.60. The van der Waals surface area contributed by atoms with E-state index in [9.17, 15) is 13.4 Å². The van der Waals surface area contributed by atoms with Crippen LogP contribution in [0.2, 0.25) is 0 Å². The van der Waals surface area contributed by atoms with E-state index in [2.05, 4.69) is 41.4 Å². The van der Waals surface area contributed by atoms with E-state index in [0.717, 1.165) is 0 Å². The first kappa shape index (κ1) is 21.9. The topological polar surface area (TPSA) is 143 Å². The minimum atomic E-state index is -2.80. The molecule has 13 heteroatoms. The number of halogens is 2. The Hall–Kier alpha value is -2.38. The fraction of sp³-hybridized carbons (Fsp3) is 0.333. The van der Waals surface area contributed by atoms with Crippen molar-refractivity contribution in [2.24, 2.45) is 4.99 Å². The molecule has 152 valence electrons. The van der Waals surface area contributed by atoms with Crippen LogP contribution in [0.5, 0.6) is 0 Å². The number of carbonyl (C=O) groups excluding carboxylic acids is 1. The highest BCUT2D eigenvalue weighted by molar-refractivity contribution is 9.10. The predicted molar refractivity (Wildman–Crippen MR) is 103 cm³/mol. The molecule has 0 fully saturated rings. The Bertz CT molecular complexity index is 979.